The van der Waals surface area contributed by atoms with Crippen molar-refractivity contribution >= 4 is 5.91 Å². The van der Waals surface area contributed by atoms with Crippen LogP contribution in [0.4, 0.5) is 0 Å². The Morgan fingerprint density at radius 2 is 2.04 bits per heavy atom. The van der Waals surface area contributed by atoms with Gasteiger partial charge in [-0.2, -0.15) is 0 Å². The van der Waals surface area contributed by atoms with Crippen LogP contribution in [0.25, 0.3) is 0 Å². The number of fused-ring (bicyclic) bond motifs is 1. The third-order valence-electron chi connectivity index (χ3n) is 5.57. The molecule has 3 rings (SSSR count). The molecule has 27 heavy (non-hydrogen) atoms. The maximum Gasteiger partial charge on any atom is 0.223 e. The van der Waals surface area contributed by atoms with Crippen molar-refractivity contribution in [2.24, 2.45) is 5.92 Å². The Kier molecular flexibility index (Phi) is 6.26. The predicted octanol–water partition coefficient (Wildman–Crippen LogP) is 2.62. The number of benzene rings is 1. The summed E-state index contributed by atoms with van der Waals surface area (Å²) in [4.78, 5) is 14.5. The molecule has 1 aromatic heterocycles. The molecule has 0 fully saturated rings. The van der Waals surface area contributed by atoms with Crippen molar-refractivity contribution < 1.29 is 4.79 Å². The van der Waals surface area contributed by atoms with E-state index in [9.17, 15) is 4.79 Å². The van der Waals surface area contributed by atoms with Crippen LogP contribution in [0.5, 0.6) is 0 Å². The van der Waals surface area contributed by atoms with Crippen LogP contribution in [0.1, 0.15) is 48.6 Å². The first-order valence-electron chi connectivity index (χ1n) is 9.95. The minimum Gasteiger partial charge on any atom is -0.349 e. The van der Waals surface area contributed by atoms with E-state index in [1.165, 1.54) is 16.7 Å². The summed E-state index contributed by atoms with van der Waals surface area (Å²) in [6.45, 7) is 12.5. The molecule has 6 nitrogen and oxygen atoms in total. The molecule has 0 radical (unpaired) electrons. The maximum absolute atomic E-state index is 12.0. The van der Waals surface area contributed by atoms with Crippen molar-refractivity contribution in [2.75, 3.05) is 13.1 Å². The minimum absolute atomic E-state index is 0.0320. The largest absolute Gasteiger partial charge is 0.349 e. The van der Waals surface area contributed by atoms with E-state index in [1.54, 1.807) is 0 Å². The van der Waals surface area contributed by atoms with Crippen molar-refractivity contribution in [3.05, 3.63) is 46.5 Å². The average Bonchev–Trinajstić information content (AvgIpc) is 2.94. The fourth-order valence-corrected chi connectivity index (χ4v) is 3.45. The monoisotopic (exact) mass is 369 g/mol. The first-order chi connectivity index (χ1) is 13.0. The van der Waals surface area contributed by atoms with E-state index in [-0.39, 0.29) is 11.8 Å². The molecule has 1 aromatic carbocycles. The SMILES string of the molecule is CCC(C)C(=O)NCc1nnc2n1CCN(Cc1cc(C)ccc1C)CC2. The molecule has 2 aromatic rings. The van der Waals surface area contributed by atoms with Gasteiger partial charge in [0.05, 0.1) is 6.54 Å². The van der Waals surface area contributed by atoms with Crippen LogP contribution >= 0.6 is 0 Å². The highest BCUT2D eigenvalue weighted by molar-refractivity contribution is 5.78. The Balaban J connectivity index is 1.62. The van der Waals surface area contributed by atoms with Crippen molar-refractivity contribution in [1.82, 2.24) is 25.0 Å². The molecule has 0 bridgehead atoms. The minimum atomic E-state index is 0.0320. The fraction of sp³-hybridized carbons (Fsp3) is 0.571. The van der Waals surface area contributed by atoms with Gasteiger partial charge in [0.25, 0.3) is 0 Å². The number of carbonyl (C=O) groups excluding carboxylic acids is 1. The molecule has 146 valence electrons. The quantitative estimate of drug-likeness (QED) is 0.850. The Morgan fingerprint density at radius 3 is 2.81 bits per heavy atom. The summed E-state index contributed by atoms with van der Waals surface area (Å²) in [5.41, 5.74) is 4.05. The number of carbonyl (C=O) groups is 1. The number of nitrogens with zero attached hydrogens (tertiary/aromatic N) is 4. The second-order valence-corrected chi connectivity index (χ2v) is 7.67. The van der Waals surface area contributed by atoms with Crippen LogP contribution in [0, 0.1) is 19.8 Å². The fourth-order valence-electron chi connectivity index (χ4n) is 3.45. The number of hydrogen-bond donors (Lipinski definition) is 1. The number of aromatic nitrogens is 3. The zero-order chi connectivity index (χ0) is 19.4. The van der Waals surface area contributed by atoms with Gasteiger partial charge in [-0.25, -0.2) is 0 Å². The lowest BCUT2D eigenvalue weighted by molar-refractivity contribution is -0.124. The number of rotatable bonds is 6. The van der Waals surface area contributed by atoms with E-state index in [2.05, 4.69) is 57.0 Å². The van der Waals surface area contributed by atoms with Gasteiger partial charge in [0.2, 0.25) is 5.91 Å². The topological polar surface area (TPSA) is 63.1 Å². The molecule has 1 atom stereocenters. The molecule has 2 heterocycles. The summed E-state index contributed by atoms with van der Waals surface area (Å²) >= 11 is 0. The van der Waals surface area contributed by atoms with Gasteiger partial charge in [-0.3, -0.25) is 9.69 Å². The summed E-state index contributed by atoms with van der Waals surface area (Å²) in [5.74, 6) is 1.99. The Bertz CT molecular complexity index is 798. The molecule has 6 heteroatoms. The first-order valence-corrected chi connectivity index (χ1v) is 9.95. The lowest BCUT2D eigenvalue weighted by Crippen LogP contribution is -2.30. The van der Waals surface area contributed by atoms with E-state index in [0.29, 0.717) is 6.54 Å². The van der Waals surface area contributed by atoms with Crippen LogP contribution in [-0.4, -0.2) is 38.7 Å². The van der Waals surface area contributed by atoms with Crippen LogP contribution in [-0.2, 0) is 30.8 Å². The van der Waals surface area contributed by atoms with E-state index in [1.807, 2.05) is 13.8 Å². The Hall–Kier alpha value is -2.21. The molecule has 1 aliphatic heterocycles. The Morgan fingerprint density at radius 1 is 1.22 bits per heavy atom. The summed E-state index contributed by atoms with van der Waals surface area (Å²) in [7, 11) is 0. The lowest BCUT2D eigenvalue weighted by atomic mass is 10.1. The third-order valence-corrected chi connectivity index (χ3v) is 5.57. The van der Waals surface area contributed by atoms with Gasteiger partial charge in [0.15, 0.2) is 5.82 Å². The second kappa shape index (κ2) is 8.65. The highest BCUT2D eigenvalue weighted by Crippen LogP contribution is 2.16. The maximum atomic E-state index is 12.0. The van der Waals surface area contributed by atoms with Gasteiger partial charge >= 0.3 is 0 Å². The number of amides is 1. The van der Waals surface area contributed by atoms with Crippen molar-refractivity contribution in [2.45, 2.75) is 60.2 Å². The van der Waals surface area contributed by atoms with Crippen LogP contribution in [0.15, 0.2) is 18.2 Å². The van der Waals surface area contributed by atoms with Crippen molar-refractivity contribution in [3.8, 4) is 0 Å². The predicted molar refractivity (Wildman–Crippen MR) is 106 cm³/mol. The highest BCUT2D eigenvalue weighted by atomic mass is 16.1. The molecular formula is C21H31N5O. The zero-order valence-electron chi connectivity index (χ0n) is 17.0. The van der Waals surface area contributed by atoms with Gasteiger partial charge in [-0.1, -0.05) is 37.6 Å². The van der Waals surface area contributed by atoms with Gasteiger partial charge in [0, 0.05) is 38.5 Å². The molecular weight excluding hydrogens is 338 g/mol. The molecule has 0 saturated carbocycles. The standard InChI is InChI=1S/C21H31N5O/c1-5-16(3)21(27)22-13-20-24-23-19-8-9-25(10-11-26(19)20)14-18-12-15(2)6-7-17(18)4/h6-7,12,16H,5,8-11,13-14H2,1-4H3,(H,22,27). The van der Waals surface area contributed by atoms with E-state index in [0.717, 1.165) is 50.7 Å². The number of nitrogens with one attached hydrogen (secondary N) is 1. The zero-order valence-corrected chi connectivity index (χ0v) is 17.0. The second-order valence-electron chi connectivity index (χ2n) is 7.67. The Labute approximate surface area is 162 Å². The number of aryl methyl sites for hydroxylation is 2. The van der Waals surface area contributed by atoms with Crippen LogP contribution < -0.4 is 5.32 Å². The van der Waals surface area contributed by atoms with Gasteiger partial charge in [-0.05, 0) is 31.4 Å². The molecule has 1 aliphatic rings. The summed E-state index contributed by atoms with van der Waals surface area (Å²) in [6.07, 6.45) is 1.73. The molecule has 0 aliphatic carbocycles. The smallest absolute Gasteiger partial charge is 0.223 e. The van der Waals surface area contributed by atoms with Crippen LogP contribution in [0.3, 0.4) is 0 Å². The van der Waals surface area contributed by atoms with Gasteiger partial charge < -0.3 is 9.88 Å². The normalized spacial score (nSPS) is 15.9. The van der Waals surface area contributed by atoms with Gasteiger partial charge in [-0.15, -0.1) is 10.2 Å². The summed E-state index contributed by atoms with van der Waals surface area (Å²) in [5, 5.41) is 11.7. The third kappa shape index (κ3) is 4.75. The summed E-state index contributed by atoms with van der Waals surface area (Å²) < 4.78 is 2.18. The average molecular weight is 370 g/mol. The van der Waals surface area contributed by atoms with Gasteiger partial charge in [0.1, 0.15) is 5.82 Å². The van der Waals surface area contributed by atoms with E-state index in [4.69, 9.17) is 0 Å². The lowest BCUT2D eigenvalue weighted by Gasteiger charge is -2.21. The highest BCUT2D eigenvalue weighted by Gasteiger charge is 2.20. The van der Waals surface area contributed by atoms with E-state index >= 15 is 0 Å². The van der Waals surface area contributed by atoms with Crippen molar-refractivity contribution in [3.63, 3.8) is 0 Å². The van der Waals surface area contributed by atoms with E-state index < -0.39 is 0 Å². The molecule has 1 N–H and O–H groups in total. The first kappa shape index (κ1) is 19.5. The van der Waals surface area contributed by atoms with Crippen molar-refractivity contribution in [1.29, 1.82) is 0 Å². The summed E-state index contributed by atoms with van der Waals surface area (Å²) in [6, 6.07) is 6.66. The molecule has 0 saturated heterocycles. The molecule has 1 amide bonds. The number of hydrogen-bond acceptors (Lipinski definition) is 4. The molecule has 1 unspecified atom stereocenters. The molecule has 0 spiro atoms. The van der Waals surface area contributed by atoms with Crippen LogP contribution in [0.2, 0.25) is 0 Å².